The normalized spacial score (nSPS) is 22.8. The predicted molar refractivity (Wildman–Crippen MR) is 96.2 cm³/mol. The van der Waals surface area contributed by atoms with Crippen molar-refractivity contribution in [1.29, 1.82) is 0 Å². The number of amides is 1. The number of fused-ring (bicyclic) bond motifs is 1. The lowest BCUT2D eigenvalue weighted by Crippen LogP contribution is -2.49. The lowest BCUT2D eigenvalue weighted by molar-refractivity contribution is -0.135. The van der Waals surface area contributed by atoms with Gasteiger partial charge in [-0.2, -0.15) is 0 Å². The van der Waals surface area contributed by atoms with Gasteiger partial charge in [0.2, 0.25) is 5.91 Å². The fourth-order valence-corrected chi connectivity index (χ4v) is 4.38. The molecule has 2 fully saturated rings. The van der Waals surface area contributed by atoms with Gasteiger partial charge in [0.15, 0.2) is 11.5 Å². The SMILES string of the molecule is CN1CCN(C(=O)C(c2ccc3c(c2)OCCO3)C2CCCC2)CC1. The molecule has 0 N–H and O–H groups in total. The number of nitrogens with zero attached hydrogens (tertiary/aromatic N) is 2. The zero-order valence-electron chi connectivity index (χ0n) is 15.1. The second-order valence-corrected chi connectivity index (χ2v) is 7.55. The average Bonchev–Trinajstić information content (AvgIpc) is 3.16. The Kier molecular flexibility index (Phi) is 4.84. The van der Waals surface area contributed by atoms with Gasteiger partial charge in [-0.05, 0) is 43.5 Å². The van der Waals surface area contributed by atoms with Gasteiger partial charge >= 0.3 is 0 Å². The van der Waals surface area contributed by atoms with Gasteiger partial charge in [0.1, 0.15) is 13.2 Å². The van der Waals surface area contributed by atoms with E-state index >= 15 is 0 Å². The van der Waals surface area contributed by atoms with E-state index in [1.165, 1.54) is 12.8 Å². The Morgan fingerprint density at radius 2 is 1.72 bits per heavy atom. The van der Waals surface area contributed by atoms with Crippen LogP contribution in [0.15, 0.2) is 18.2 Å². The molecule has 2 aliphatic heterocycles. The maximum Gasteiger partial charge on any atom is 0.230 e. The first-order valence-corrected chi connectivity index (χ1v) is 9.59. The summed E-state index contributed by atoms with van der Waals surface area (Å²) >= 11 is 0. The highest BCUT2D eigenvalue weighted by Crippen LogP contribution is 2.41. The van der Waals surface area contributed by atoms with Gasteiger partial charge in [-0.3, -0.25) is 4.79 Å². The fourth-order valence-electron chi connectivity index (χ4n) is 4.38. The number of ether oxygens (including phenoxy) is 2. The van der Waals surface area contributed by atoms with E-state index in [0.29, 0.717) is 25.0 Å². The molecule has 0 radical (unpaired) electrons. The highest BCUT2D eigenvalue weighted by atomic mass is 16.6. The number of rotatable bonds is 3. The molecule has 1 saturated carbocycles. The van der Waals surface area contributed by atoms with Crippen LogP contribution in [0.4, 0.5) is 0 Å². The van der Waals surface area contributed by atoms with Crippen LogP contribution in [-0.2, 0) is 4.79 Å². The fraction of sp³-hybridized carbons (Fsp3) is 0.650. The Morgan fingerprint density at radius 1 is 1.04 bits per heavy atom. The largest absolute Gasteiger partial charge is 0.486 e. The molecule has 0 bridgehead atoms. The predicted octanol–water partition coefficient (Wildman–Crippen LogP) is 2.51. The van der Waals surface area contributed by atoms with E-state index in [-0.39, 0.29) is 5.92 Å². The molecule has 25 heavy (non-hydrogen) atoms. The Morgan fingerprint density at radius 3 is 2.44 bits per heavy atom. The van der Waals surface area contributed by atoms with Crippen molar-refractivity contribution in [2.45, 2.75) is 31.6 Å². The molecular weight excluding hydrogens is 316 g/mol. The minimum Gasteiger partial charge on any atom is -0.486 e. The smallest absolute Gasteiger partial charge is 0.230 e. The molecule has 4 rings (SSSR count). The van der Waals surface area contributed by atoms with Crippen molar-refractivity contribution in [2.75, 3.05) is 46.4 Å². The average molecular weight is 344 g/mol. The first-order chi connectivity index (χ1) is 12.2. The van der Waals surface area contributed by atoms with E-state index in [1.54, 1.807) is 0 Å². The topological polar surface area (TPSA) is 42.0 Å². The minimum atomic E-state index is -0.0401. The van der Waals surface area contributed by atoms with Crippen LogP contribution in [0.2, 0.25) is 0 Å². The number of benzene rings is 1. The van der Waals surface area contributed by atoms with Crippen molar-refractivity contribution in [3.63, 3.8) is 0 Å². The molecule has 1 saturated heterocycles. The van der Waals surface area contributed by atoms with E-state index < -0.39 is 0 Å². The summed E-state index contributed by atoms with van der Waals surface area (Å²) in [5.41, 5.74) is 1.10. The van der Waals surface area contributed by atoms with Crippen LogP contribution in [-0.4, -0.2) is 62.1 Å². The third kappa shape index (κ3) is 3.47. The third-order valence-electron chi connectivity index (χ3n) is 5.88. The molecule has 1 aliphatic carbocycles. The first-order valence-electron chi connectivity index (χ1n) is 9.59. The van der Waals surface area contributed by atoms with Gasteiger partial charge in [-0.1, -0.05) is 18.9 Å². The summed E-state index contributed by atoms with van der Waals surface area (Å²) in [7, 11) is 2.12. The van der Waals surface area contributed by atoms with Gasteiger partial charge in [0, 0.05) is 26.2 Å². The molecule has 1 unspecified atom stereocenters. The van der Waals surface area contributed by atoms with E-state index in [4.69, 9.17) is 9.47 Å². The molecule has 3 aliphatic rings. The van der Waals surface area contributed by atoms with Crippen LogP contribution in [0.1, 0.15) is 37.2 Å². The van der Waals surface area contributed by atoms with Gasteiger partial charge in [-0.15, -0.1) is 0 Å². The molecule has 2 heterocycles. The van der Waals surface area contributed by atoms with Crippen LogP contribution in [0.25, 0.3) is 0 Å². The highest BCUT2D eigenvalue weighted by molar-refractivity contribution is 5.84. The quantitative estimate of drug-likeness (QED) is 0.845. The van der Waals surface area contributed by atoms with Gasteiger partial charge in [-0.25, -0.2) is 0 Å². The molecular formula is C20H28N2O3. The molecule has 5 heteroatoms. The zero-order valence-corrected chi connectivity index (χ0v) is 15.1. The number of carbonyl (C=O) groups is 1. The first kappa shape index (κ1) is 16.7. The lowest BCUT2D eigenvalue weighted by atomic mass is 9.83. The lowest BCUT2D eigenvalue weighted by Gasteiger charge is -2.36. The summed E-state index contributed by atoms with van der Waals surface area (Å²) in [6, 6.07) is 6.10. The van der Waals surface area contributed by atoms with Gasteiger partial charge < -0.3 is 19.3 Å². The van der Waals surface area contributed by atoms with E-state index in [9.17, 15) is 4.79 Å². The highest BCUT2D eigenvalue weighted by Gasteiger charge is 2.36. The monoisotopic (exact) mass is 344 g/mol. The second kappa shape index (κ2) is 7.24. The summed E-state index contributed by atoms with van der Waals surface area (Å²) < 4.78 is 11.4. The molecule has 1 amide bonds. The second-order valence-electron chi connectivity index (χ2n) is 7.55. The van der Waals surface area contributed by atoms with E-state index in [2.05, 4.69) is 22.9 Å². The van der Waals surface area contributed by atoms with Crippen molar-refractivity contribution in [3.05, 3.63) is 23.8 Å². The number of hydrogen-bond donors (Lipinski definition) is 0. The summed E-state index contributed by atoms with van der Waals surface area (Å²) in [6.07, 6.45) is 4.78. The molecule has 136 valence electrons. The number of likely N-dealkylation sites (N-methyl/N-ethyl adjacent to an activating group) is 1. The third-order valence-corrected chi connectivity index (χ3v) is 5.88. The molecule has 0 aromatic heterocycles. The zero-order chi connectivity index (χ0) is 17.2. The Bertz CT molecular complexity index is 619. The Hall–Kier alpha value is -1.75. The summed E-state index contributed by atoms with van der Waals surface area (Å²) in [5, 5.41) is 0. The van der Waals surface area contributed by atoms with Crippen molar-refractivity contribution < 1.29 is 14.3 Å². The molecule has 0 spiro atoms. The van der Waals surface area contributed by atoms with E-state index in [1.807, 2.05) is 12.1 Å². The minimum absolute atomic E-state index is 0.0401. The Balaban J connectivity index is 1.60. The Labute approximate surface area is 149 Å². The van der Waals surface area contributed by atoms with E-state index in [0.717, 1.165) is 56.1 Å². The van der Waals surface area contributed by atoms with Crippen molar-refractivity contribution in [3.8, 4) is 11.5 Å². The van der Waals surface area contributed by atoms with Crippen molar-refractivity contribution in [2.24, 2.45) is 5.92 Å². The molecule has 1 aromatic rings. The van der Waals surface area contributed by atoms with Crippen LogP contribution in [0.5, 0.6) is 11.5 Å². The van der Waals surface area contributed by atoms with Crippen LogP contribution in [0, 0.1) is 5.92 Å². The number of piperazine rings is 1. The number of hydrogen-bond acceptors (Lipinski definition) is 4. The van der Waals surface area contributed by atoms with Crippen molar-refractivity contribution in [1.82, 2.24) is 9.80 Å². The summed E-state index contributed by atoms with van der Waals surface area (Å²) in [4.78, 5) is 17.8. The maximum atomic E-state index is 13.4. The number of carbonyl (C=O) groups excluding carboxylic acids is 1. The standard InChI is InChI=1S/C20H28N2O3/c1-21-8-10-22(11-9-21)20(23)19(15-4-2-3-5-15)16-6-7-17-18(14-16)25-13-12-24-17/h6-7,14-15,19H,2-5,8-13H2,1H3. The van der Waals surface area contributed by atoms with Crippen molar-refractivity contribution >= 4 is 5.91 Å². The molecule has 1 aromatic carbocycles. The maximum absolute atomic E-state index is 13.4. The van der Waals surface area contributed by atoms with Crippen LogP contribution >= 0.6 is 0 Å². The summed E-state index contributed by atoms with van der Waals surface area (Å²) in [6.45, 7) is 4.77. The molecule has 5 nitrogen and oxygen atoms in total. The summed E-state index contributed by atoms with van der Waals surface area (Å²) in [5.74, 6) is 2.30. The molecule has 1 atom stereocenters. The van der Waals surface area contributed by atoms with Gasteiger partial charge in [0.05, 0.1) is 5.92 Å². The van der Waals surface area contributed by atoms with Crippen LogP contribution in [0.3, 0.4) is 0 Å². The van der Waals surface area contributed by atoms with Gasteiger partial charge in [0.25, 0.3) is 0 Å². The van der Waals surface area contributed by atoms with Crippen LogP contribution < -0.4 is 9.47 Å².